The quantitative estimate of drug-likeness (QED) is 0.833. The van der Waals surface area contributed by atoms with Crippen LogP contribution in [-0.2, 0) is 11.2 Å². The normalized spacial score (nSPS) is 12.5. The van der Waals surface area contributed by atoms with Gasteiger partial charge in [0.1, 0.15) is 11.9 Å². The number of benzene rings is 1. The average Bonchev–Trinajstić information content (AvgIpc) is 2.13. The first-order valence-electron chi connectivity index (χ1n) is 4.34. The number of carboxylic acid groups (broad SMARTS) is 1. The van der Waals surface area contributed by atoms with Crippen LogP contribution in [0.25, 0.3) is 0 Å². The van der Waals surface area contributed by atoms with Crippen molar-refractivity contribution in [3.63, 3.8) is 0 Å². The van der Waals surface area contributed by atoms with E-state index in [-0.39, 0.29) is 11.4 Å². The third-order valence-electron chi connectivity index (χ3n) is 2.14. The smallest absolute Gasteiger partial charge is 0.320 e. The predicted molar refractivity (Wildman–Crippen MR) is 55.5 cm³/mol. The molecule has 5 heteroatoms. The average molecular weight is 232 g/mol. The van der Waals surface area contributed by atoms with E-state index in [4.69, 9.17) is 22.4 Å². The van der Waals surface area contributed by atoms with Gasteiger partial charge < -0.3 is 10.8 Å². The minimum Gasteiger partial charge on any atom is -0.480 e. The highest BCUT2D eigenvalue weighted by Gasteiger charge is 2.14. The lowest BCUT2D eigenvalue weighted by molar-refractivity contribution is -0.138. The SMILES string of the molecule is Cc1cc(Cl)c(F)cc1CC(N)C(=O)O. The zero-order valence-electron chi connectivity index (χ0n) is 8.13. The molecule has 1 rings (SSSR count). The van der Waals surface area contributed by atoms with Gasteiger partial charge in [-0.1, -0.05) is 11.6 Å². The van der Waals surface area contributed by atoms with Gasteiger partial charge in [-0.15, -0.1) is 0 Å². The summed E-state index contributed by atoms with van der Waals surface area (Å²) in [7, 11) is 0. The lowest BCUT2D eigenvalue weighted by atomic mass is 10.0. The Morgan fingerprint density at radius 1 is 1.67 bits per heavy atom. The van der Waals surface area contributed by atoms with E-state index in [1.54, 1.807) is 6.92 Å². The summed E-state index contributed by atoms with van der Waals surface area (Å²) in [5.74, 6) is -1.67. The van der Waals surface area contributed by atoms with E-state index in [1.165, 1.54) is 12.1 Å². The summed E-state index contributed by atoms with van der Waals surface area (Å²) in [5, 5.41) is 8.64. The zero-order valence-corrected chi connectivity index (χ0v) is 8.88. The molecule has 0 aliphatic heterocycles. The lowest BCUT2D eigenvalue weighted by Crippen LogP contribution is -2.32. The van der Waals surface area contributed by atoms with Gasteiger partial charge >= 0.3 is 5.97 Å². The van der Waals surface area contributed by atoms with E-state index in [0.717, 1.165) is 5.56 Å². The Hall–Kier alpha value is -1.13. The molecule has 0 bridgehead atoms. The molecule has 0 spiro atoms. The third kappa shape index (κ3) is 2.91. The molecule has 0 amide bonds. The molecular weight excluding hydrogens is 221 g/mol. The van der Waals surface area contributed by atoms with Crippen molar-refractivity contribution in [2.24, 2.45) is 5.73 Å². The fourth-order valence-corrected chi connectivity index (χ4v) is 1.45. The Bertz CT molecular complexity index is 395. The van der Waals surface area contributed by atoms with Crippen LogP contribution in [0.3, 0.4) is 0 Å². The molecule has 0 aliphatic carbocycles. The second-order valence-electron chi connectivity index (χ2n) is 3.34. The van der Waals surface area contributed by atoms with Crippen molar-refractivity contribution in [3.8, 4) is 0 Å². The molecule has 0 aliphatic rings. The molecule has 0 heterocycles. The largest absolute Gasteiger partial charge is 0.480 e. The number of nitrogens with two attached hydrogens (primary N) is 1. The number of carboxylic acids is 1. The van der Waals surface area contributed by atoms with Crippen LogP contribution in [0.15, 0.2) is 12.1 Å². The maximum Gasteiger partial charge on any atom is 0.320 e. The summed E-state index contributed by atoms with van der Waals surface area (Å²) in [4.78, 5) is 10.5. The van der Waals surface area contributed by atoms with Crippen molar-refractivity contribution >= 4 is 17.6 Å². The van der Waals surface area contributed by atoms with E-state index in [1.807, 2.05) is 0 Å². The maximum atomic E-state index is 13.1. The molecular formula is C10H11ClFNO2. The zero-order chi connectivity index (χ0) is 11.6. The lowest BCUT2D eigenvalue weighted by Gasteiger charge is -2.10. The first-order valence-corrected chi connectivity index (χ1v) is 4.72. The number of carbonyl (C=O) groups is 1. The van der Waals surface area contributed by atoms with Gasteiger partial charge in [-0.05, 0) is 36.6 Å². The van der Waals surface area contributed by atoms with Gasteiger partial charge in [0.05, 0.1) is 5.02 Å². The summed E-state index contributed by atoms with van der Waals surface area (Å²) in [6, 6.07) is 1.66. The molecule has 3 nitrogen and oxygen atoms in total. The van der Waals surface area contributed by atoms with Crippen LogP contribution in [-0.4, -0.2) is 17.1 Å². The van der Waals surface area contributed by atoms with Crippen LogP contribution in [0, 0.1) is 12.7 Å². The number of aliphatic carboxylic acids is 1. The Kier molecular flexibility index (Phi) is 3.66. The second kappa shape index (κ2) is 4.59. The van der Waals surface area contributed by atoms with Gasteiger partial charge in [0.25, 0.3) is 0 Å². The number of aryl methyl sites for hydroxylation is 1. The summed E-state index contributed by atoms with van der Waals surface area (Å²) in [6.07, 6.45) is 0.0925. The molecule has 15 heavy (non-hydrogen) atoms. The molecule has 3 N–H and O–H groups in total. The highest BCUT2D eigenvalue weighted by atomic mass is 35.5. The molecule has 1 aromatic rings. The molecule has 0 fully saturated rings. The first-order chi connectivity index (χ1) is 6.91. The molecule has 82 valence electrons. The van der Waals surface area contributed by atoms with Crippen molar-refractivity contribution in [2.45, 2.75) is 19.4 Å². The molecule has 0 radical (unpaired) electrons. The molecule has 1 unspecified atom stereocenters. The van der Waals surface area contributed by atoms with Gasteiger partial charge in [0.15, 0.2) is 0 Å². The second-order valence-corrected chi connectivity index (χ2v) is 3.75. The van der Waals surface area contributed by atoms with E-state index in [0.29, 0.717) is 5.56 Å². The summed E-state index contributed by atoms with van der Waals surface area (Å²) < 4.78 is 13.1. The molecule has 1 atom stereocenters. The van der Waals surface area contributed by atoms with Gasteiger partial charge in [0, 0.05) is 0 Å². The molecule has 0 aromatic heterocycles. The van der Waals surface area contributed by atoms with Gasteiger partial charge in [-0.3, -0.25) is 4.79 Å². The van der Waals surface area contributed by atoms with Crippen LogP contribution in [0.1, 0.15) is 11.1 Å². The summed E-state index contributed by atoms with van der Waals surface area (Å²) in [5.41, 5.74) is 6.65. The van der Waals surface area contributed by atoms with Gasteiger partial charge in [-0.2, -0.15) is 0 Å². The van der Waals surface area contributed by atoms with Crippen LogP contribution in [0.4, 0.5) is 4.39 Å². The number of hydrogen-bond donors (Lipinski definition) is 2. The Labute approximate surface area is 91.7 Å². The molecule has 0 saturated heterocycles. The van der Waals surface area contributed by atoms with E-state index in [9.17, 15) is 9.18 Å². The monoisotopic (exact) mass is 231 g/mol. The number of halogens is 2. The van der Waals surface area contributed by atoms with Crippen molar-refractivity contribution in [3.05, 3.63) is 34.1 Å². The Morgan fingerprint density at radius 3 is 2.80 bits per heavy atom. The van der Waals surface area contributed by atoms with Gasteiger partial charge in [0.2, 0.25) is 0 Å². The van der Waals surface area contributed by atoms with Gasteiger partial charge in [-0.25, -0.2) is 4.39 Å². The minimum atomic E-state index is -1.11. The van der Waals surface area contributed by atoms with Crippen LogP contribution < -0.4 is 5.73 Å². The third-order valence-corrected chi connectivity index (χ3v) is 2.43. The van der Waals surface area contributed by atoms with Crippen molar-refractivity contribution in [1.29, 1.82) is 0 Å². The highest BCUT2D eigenvalue weighted by molar-refractivity contribution is 6.30. The minimum absolute atomic E-state index is 0.0279. The standard InChI is InChI=1S/C10H11ClFNO2/c1-5-2-7(11)8(12)3-6(5)4-9(13)10(14)15/h2-3,9H,4,13H2,1H3,(H,14,15). The molecule has 1 aromatic carbocycles. The Balaban J connectivity index is 2.95. The van der Waals surface area contributed by atoms with Crippen molar-refractivity contribution in [1.82, 2.24) is 0 Å². The first kappa shape index (κ1) is 11.9. The van der Waals surface area contributed by atoms with Crippen LogP contribution in [0.2, 0.25) is 5.02 Å². The number of rotatable bonds is 3. The topological polar surface area (TPSA) is 63.3 Å². The van der Waals surface area contributed by atoms with Crippen LogP contribution >= 0.6 is 11.6 Å². The highest BCUT2D eigenvalue weighted by Crippen LogP contribution is 2.20. The van der Waals surface area contributed by atoms with E-state index < -0.39 is 17.8 Å². The van der Waals surface area contributed by atoms with Crippen molar-refractivity contribution in [2.75, 3.05) is 0 Å². The summed E-state index contributed by atoms with van der Waals surface area (Å²) in [6.45, 7) is 1.73. The van der Waals surface area contributed by atoms with E-state index >= 15 is 0 Å². The maximum absolute atomic E-state index is 13.1. The van der Waals surface area contributed by atoms with Crippen molar-refractivity contribution < 1.29 is 14.3 Å². The fraction of sp³-hybridized carbons (Fsp3) is 0.300. The fourth-order valence-electron chi connectivity index (χ4n) is 1.23. The van der Waals surface area contributed by atoms with E-state index in [2.05, 4.69) is 0 Å². The Morgan fingerprint density at radius 2 is 2.27 bits per heavy atom. The summed E-state index contributed by atoms with van der Waals surface area (Å²) >= 11 is 5.56. The van der Waals surface area contributed by atoms with Crippen LogP contribution in [0.5, 0.6) is 0 Å². The predicted octanol–water partition coefficient (Wildman–Crippen LogP) is 1.74. The molecule has 0 saturated carbocycles. The number of hydrogen-bond acceptors (Lipinski definition) is 2.